The SMILES string of the molecule is CCCCCCCCC(=O)Oc1cnc(-c2ccccc2)nc1. The van der Waals surface area contributed by atoms with Crippen molar-refractivity contribution in [2.45, 2.75) is 51.9 Å². The van der Waals surface area contributed by atoms with Crippen molar-refractivity contribution in [3.8, 4) is 17.1 Å². The van der Waals surface area contributed by atoms with Crippen LogP contribution in [0.25, 0.3) is 11.4 Å². The van der Waals surface area contributed by atoms with E-state index in [0.717, 1.165) is 18.4 Å². The molecule has 0 N–H and O–H groups in total. The van der Waals surface area contributed by atoms with Crippen LogP contribution in [0.3, 0.4) is 0 Å². The summed E-state index contributed by atoms with van der Waals surface area (Å²) >= 11 is 0. The summed E-state index contributed by atoms with van der Waals surface area (Å²) in [6, 6.07) is 9.71. The Morgan fingerprint density at radius 2 is 1.61 bits per heavy atom. The molecule has 0 bridgehead atoms. The Morgan fingerprint density at radius 1 is 0.957 bits per heavy atom. The lowest BCUT2D eigenvalue weighted by molar-refractivity contribution is -0.134. The van der Waals surface area contributed by atoms with Gasteiger partial charge in [0.2, 0.25) is 0 Å². The molecule has 122 valence electrons. The van der Waals surface area contributed by atoms with Gasteiger partial charge in [-0.15, -0.1) is 0 Å². The molecule has 0 aliphatic carbocycles. The van der Waals surface area contributed by atoms with E-state index in [9.17, 15) is 4.79 Å². The van der Waals surface area contributed by atoms with Crippen molar-refractivity contribution in [2.24, 2.45) is 0 Å². The average molecular weight is 312 g/mol. The number of rotatable bonds is 9. The molecule has 0 amide bonds. The molecule has 1 aromatic heterocycles. The molecule has 1 aromatic carbocycles. The molecule has 4 heteroatoms. The fraction of sp³-hybridized carbons (Fsp3) is 0.421. The maximum absolute atomic E-state index is 11.8. The van der Waals surface area contributed by atoms with Crippen LogP contribution < -0.4 is 4.74 Å². The van der Waals surface area contributed by atoms with Gasteiger partial charge in [-0.25, -0.2) is 9.97 Å². The van der Waals surface area contributed by atoms with E-state index in [2.05, 4.69) is 16.9 Å². The number of benzene rings is 1. The van der Waals surface area contributed by atoms with Gasteiger partial charge < -0.3 is 4.74 Å². The first-order valence-corrected chi connectivity index (χ1v) is 8.37. The number of hydrogen-bond donors (Lipinski definition) is 0. The van der Waals surface area contributed by atoms with E-state index in [1.54, 1.807) is 12.4 Å². The van der Waals surface area contributed by atoms with Gasteiger partial charge in [0.05, 0.1) is 12.4 Å². The zero-order valence-electron chi connectivity index (χ0n) is 13.7. The van der Waals surface area contributed by atoms with E-state index in [4.69, 9.17) is 4.74 Å². The molecule has 4 nitrogen and oxygen atoms in total. The fourth-order valence-electron chi connectivity index (χ4n) is 2.34. The standard InChI is InChI=1S/C19H24N2O2/c1-2-3-4-5-6-10-13-18(22)23-17-14-20-19(21-15-17)16-11-8-7-9-12-16/h7-9,11-12,14-15H,2-6,10,13H2,1H3. The number of hydrogen-bond acceptors (Lipinski definition) is 4. The second kappa shape index (κ2) is 9.72. The average Bonchev–Trinajstić information content (AvgIpc) is 2.59. The first kappa shape index (κ1) is 17.1. The van der Waals surface area contributed by atoms with E-state index in [-0.39, 0.29) is 5.97 Å². The summed E-state index contributed by atoms with van der Waals surface area (Å²) in [5, 5.41) is 0. The number of esters is 1. The van der Waals surface area contributed by atoms with Crippen molar-refractivity contribution >= 4 is 5.97 Å². The van der Waals surface area contributed by atoms with E-state index >= 15 is 0 Å². The first-order valence-electron chi connectivity index (χ1n) is 8.37. The highest BCUT2D eigenvalue weighted by Crippen LogP contribution is 2.16. The van der Waals surface area contributed by atoms with Crippen LogP contribution >= 0.6 is 0 Å². The van der Waals surface area contributed by atoms with Gasteiger partial charge in [0, 0.05) is 12.0 Å². The second-order valence-electron chi connectivity index (χ2n) is 5.60. The molecule has 0 aliphatic heterocycles. The maximum Gasteiger partial charge on any atom is 0.311 e. The molecular weight excluding hydrogens is 288 g/mol. The summed E-state index contributed by atoms with van der Waals surface area (Å²) < 4.78 is 5.27. The number of ether oxygens (including phenoxy) is 1. The molecule has 0 aliphatic rings. The van der Waals surface area contributed by atoms with Crippen molar-refractivity contribution in [2.75, 3.05) is 0 Å². The van der Waals surface area contributed by atoms with Gasteiger partial charge in [-0.2, -0.15) is 0 Å². The third-order valence-electron chi connectivity index (χ3n) is 3.63. The predicted octanol–water partition coefficient (Wildman–Crippen LogP) is 4.80. The van der Waals surface area contributed by atoms with Gasteiger partial charge in [-0.05, 0) is 6.42 Å². The van der Waals surface area contributed by atoms with Crippen molar-refractivity contribution in [1.82, 2.24) is 9.97 Å². The highest BCUT2D eigenvalue weighted by atomic mass is 16.5. The van der Waals surface area contributed by atoms with Gasteiger partial charge in [-0.3, -0.25) is 4.79 Å². The zero-order valence-corrected chi connectivity index (χ0v) is 13.7. The van der Waals surface area contributed by atoms with Gasteiger partial charge in [0.1, 0.15) is 0 Å². The summed E-state index contributed by atoms with van der Waals surface area (Å²) in [6.07, 6.45) is 10.5. The quantitative estimate of drug-likeness (QED) is 0.493. The Hall–Kier alpha value is -2.23. The van der Waals surface area contributed by atoms with Crippen molar-refractivity contribution in [3.63, 3.8) is 0 Å². The van der Waals surface area contributed by atoms with Crippen LogP contribution in [-0.4, -0.2) is 15.9 Å². The molecule has 0 saturated carbocycles. The second-order valence-corrected chi connectivity index (χ2v) is 5.60. The number of aromatic nitrogens is 2. The Kier molecular flexibility index (Phi) is 7.24. The number of nitrogens with zero attached hydrogens (tertiary/aromatic N) is 2. The minimum absolute atomic E-state index is 0.212. The predicted molar refractivity (Wildman–Crippen MR) is 91.1 cm³/mol. The summed E-state index contributed by atoms with van der Waals surface area (Å²) in [5.74, 6) is 0.818. The van der Waals surface area contributed by atoms with Crippen LogP contribution in [0.15, 0.2) is 42.7 Å². The topological polar surface area (TPSA) is 52.1 Å². The van der Waals surface area contributed by atoms with Crippen LogP contribution in [0.4, 0.5) is 0 Å². The molecule has 2 aromatic rings. The van der Waals surface area contributed by atoms with E-state index < -0.39 is 0 Å². The highest BCUT2D eigenvalue weighted by Gasteiger charge is 2.06. The van der Waals surface area contributed by atoms with Gasteiger partial charge in [-0.1, -0.05) is 69.4 Å². The number of carbonyl (C=O) groups is 1. The molecule has 23 heavy (non-hydrogen) atoms. The van der Waals surface area contributed by atoms with E-state index in [0.29, 0.717) is 18.0 Å². The molecular formula is C19H24N2O2. The third kappa shape index (κ3) is 6.19. The fourth-order valence-corrected chi connectivity index (χ4v) is 2.34. The Morgan fingerprint density at radius 3 is 2.30 bits per heavy atom. The van der Waals surface area contributed by atoms with E-state index in [1.807, 2.05) is 30.3 Å². The highest BCUT2D eigenvalue weighted by molar-refractivity contribution is 5.72. The first-order chi connectivity index (χ1) is 11.3. The van der Waals surface area contributed by atoms with Crippen molar-refractivity contribution in [1.29, 1.82) is 0 Å². The zero-order chi connectivity index (χ0) is 16.3. The molecule has 0 spiro atoms. The van der Waals surface area contributed by atoms with Gasteiger partial charge in [0.25, 0.3) is 0 Å². The lowest BCUT2D eigenvalue weighted by atomic mass is 10.1. The molecule has 0 unspecified atom stereocenters. The largest absolute Gasteiger partial charge is 0.423 e. The smallest absolute Gasteiger partial charge is 0.311 e. The summed E-state index contributed by atoms with van der Waals surface area (Å²) in [4.78, 5) is 20.3. The molecule has 0 radical (unpaired) electrons. The monoisotopic (exact) mass is 312 g/mol. The summed E-state index contributed by atoms with van der Waals surface area (Å²) in [6.45, 7) is 2.20. The molecule has 2 rings (SSSR count). The minimum atomic E-state index is -0.212. The van der Waals surface area contributed by atoms with Crippen molar-refractivity contribution in [3.05, 3.63) is 42.7 Å². The number of unbranched alkanes of at least 4 members (excludes halogenated alkanes) is 5. The van der Waals surface area contributed by atoms with Crippen LogP contribution in [0.1, 0.15) is 51.9 Å². The van der Waals surface area contributed by atoms with E-state index in [1.165, 1.54) is 25.7 Å². The van der Waals surface area contributed by atoms with Gasteiger partial charge >= 0.3 is 5.97 Å². The Labute approximate surface area is 137 Å². The Balaban J connectivity index is 1.74. The van der Waals surface area contributed by atoms with Crippen LogP contribution in [0.5, 0.6) is 5.75 Å². The molecule has 1 heterocycles. The molecule has 0 saturated heterocycles. The minimum Gasteiger partial charge on any atom is -0.423 e. The lowest BCUT2D eigenvalue weighted by Gasteiger charge is -2.05. The Bertz CT molecular complexity index is 582. The molecule has 0 fully saturated rings. The lowest BCUT2D eigenvalue weighted by Crippen LogP contribution is -2.08. The van der Waals surface area contributed by atoms with Crippen LogP contribution in [-0.2, 0) is 4.79 Å². The maximum atomic E-state index is 11.8. The number of carbonyl (C=O) groups excluding carboxylic acids is 1. The summed E-state index contributed by atoms with van der Waals surface area (Å²) in [5.41, 5.74) is 0.942. The van der Waals surface area contributed by atoms with Crippen LogP contribution in [0, 0.1) is 0 Å². The third-order valence-corrected chi connectivity index (χ3v) is 3.63. The molecule has 0 atom stereocenters. The van der Waals surface area contributed by atoms with Crippen LogP contribution in [0.2, 0.25) is 0 Å². The van der Waals surface area contributed by atoms with Gasteiger partial charge in [0.15, 0.2) is 11.6 Å². The summed E-state index contributed by atoms with van der Waals surface area (Å²) in [7, 11) is 0. The normalized spacial score (nSPS) is 10.5. The van der Waals surface area contributed by atoms with Crippen molar-refractivity contribution < 1.29 is 9.53 Å².